The molecule has 3 aliphatic rings. The van der Waals surface area contributed by atoms with Crippen molar-refractivity contribution in [3.8, 4) is 0 Å². The van der Waals surface area contributed by atoms with E-state index in [9.17, 15) is 4.21 Å². The summed E-state index contributed by atoms with van der Waals surface area (Å²) < 4.78 is 10.8. The maximum atomic E-state index is 10.8. The Bertz CT molecular complexity index is 201. The molecule has 3 fully saturated rings. The summed E-state index contributed by atoms with van der Waals surface area (Å²) in [7, 11) is -0.406. The molecule has 0 aromatic rings. The van der Waals surface area contributed by atoms with Crippen LogP contribution in [-0.2, 0) is 10.8 Å². The first-order chi connectivity index (χ1) is 4.86. The van der Waals surface area contributed by atoms with Crippen molar-refractivity contribution in [2.24, 2.45) is 0 Å². The molecule has 0 saturated carbocycles. The van der Waals surface area contributed by atoms with E-state index in [0.717, 1.165) is 21.5 Å². The number of hydrogen-bond donors (Lipinski definition) is 0. The monoisotopic (exact) mass is 192 g/mol. The van der Waals surface area contributed by atoms with E-state index >= 15 is 0 Å². The molecule has 3 saturated heterocycles. The molecule has 0 aliphatic carbocycles. The van der Waals surface area contributed by atoms with Gasteiger partial charge in [0.25, 0.3) is 0 Å². The van der Waals surface area contributed by atoms with Gasteiger partial charge in [0.2, 0.25) is 0 Å². The van der Waals surface area contributed by atoms with E-state index in [-0.39, 0.29) is 0 Å². The van der Waals surface area contributed by atoms with Gasteiger partial charge in [-0.1, -0.05) is 0 Å². The van der Waals surface area contributed by atoms with E-state index in [2.05, 4.69) is 23.5 Å². The van der Waals surface area contributed by atoms with E-state index in [1.807, 2.05) is 0 Å². The molecule has 0 amide bonds. The van der Waals surface area contributed by atoms with E-state index in [4.69, 9.17) is 0 Å². The van der Waals surface area contributed by atoms with Crippen molar-refractivity contribution in [2.45, 2.75) is 21.0 Å². The van der Waals surface area contributed by atoms with Crippen molar-refractivity contribution in [2.75, 3.05) is 11.5 Å². The molecule has 3 aliphatic heterocycles. The molecule has 4 heteroatoms. The van der Waals surface area contributed by atoms with Crippen LogP contribution in [0.1, 0.15) is 0 Å². The Hall–Kier alpha value is 0.850. The summed E-state index contributed by atoms with van der Waals surface area (Å²) in [6.45, 7) is 0. The average molecular weight is 192 g/mol. The van der Waals surface area contributed by atoms with Gasteiger partial charge in [0.15, 0.2) is 0 Å². The van der Waals surface area contributed by atoms with Gasteiger partial charge in [0.05, 0.1) is 5.25 Å². The number of hydrogen-bond acceptors (Lipinski definition) is 3. The fourth-order valence-electron chi connectivity index (χ4n) is 1.35. The molecule has 3 heterocycles. The summed E-state index contributed by atoms with van der Waals surface area (Å²) in [4.78, 5) is 0. The van der Waals surface area contributed by atoms with Crippen LogP contribution in [0.5, 0.6) is 0 Å². The van der Waals surface area contributed by atoms with Crippen LogP contribution < -0.4 is 0 Å². The zero-order valence-corrected chi connectivity index (χ0v) is 7.81. The van der Waals surface area contributed by atoms with Gasteiger partial charge in [0.1, 0.15) is 0 Å². The third-order valence-corrected chi connectivity index (χ3v) is 6.51. The standard InChI is InChI=1S/C6H8OS3/c7-10-2-4(10)6-5(9-6)3-1-8-3/h3-6H,1-2H2. The summed E-state index contributed by atoms with van der Waals surface area (Å²) in [5.74, 6) is 2.37. The lowest BCUT2D eigenvalue weighted by atomic mass is 10.2. The van der Waals surface area contributed by atoms with Gasteiger partial charge in [-0.25, -0.2) is 0 Å². The molecule has 5 unspecified atom stereocenters. The Morgan fingerprint density at radius 1 is 1.40 bits per heavy atom. The first kappa shape index (κ1) is 6.38. The summed E-state index contributed by atoms with van der Waals surface area (Å²) >= 11 is 4.14. The first-order valence-corrected chi connectivity index (χ1v) is 6.88. The molecule has 1 nitrogen and oxygen atoms in total. The molecule has 10 heavy (non-hydrogen) atoms. The minimum atomic E-state index is -0.406. The highest BCUT2D eigenvalue weighted by Gasteiger charge is 2.58. The van der Waals surface area contributed by atoms with E-state index in [1.165, 1.54) is 5.75 Å². The molecule has 0 N–H and O–H groups in total. The van der Waals surface area contributed by atoms with Gasteiger partial charge in [-0.05, 0) is 0 Å². The quantitative estimate of drug-likeness (QED) is 0.600. The maximum Gasteiger partial charge on any atom is 0.0593 e. The summed E-state index contributed by atoms with van der Waals surface area (Å²) in [6.07, 6.45) is 0. The van der Waals surface area contributed by atoms with E-state index in [1.54, 1.807) is 0 Å². The number of thioether (sulfide) groups is 2. The van der Waals surface area contributed by atoms with Gasteiger partial charge in [-0.2, -0.15) is 23.5 Å². The SMILES string of the molecule is O=S1CC1C1SC1C1CS1. The highest BCUT2D eigenvalue weighted by Crippen LogP contribution is 2.58. The minimum absolute atomic E-state index is 0.406. The lowest BCUT2D eigenvalue weighted by Crippen LogP contribution is -2.06. The van der Waals surface area contributed by atoms with Gasteiger partial charge >= 0.3 is 0 Å². The second-order valence-electron chi connectivity index (χ2n) is 3.02. The first-order valence-electron chi connectivity index (χ1n) is 3.50. The lowest BCUT2D eigenvalue weighted by molar-refractivity contribution is 0.692. The molecule has 0 bridgehead atoms. The molecule has 3 rings (SSSR count). The molecule has 56 valence electrons. The highest BCUT2D eigenvalue weighted by molar-refractivity contribution is 8.13. The Balaban J connectivity index is 1.62. The predicted molar refractivity (Wildman–Crippen MR) is 48.2 cm³/mol. The average Bonchev–Trinajstić information content (AvgIpc) is 2.68. The van der Waals surface area contributed by atoms with Crippen LogP contribution >= 0.6 is 23.5 Å². The van der Waals surface area contributed by atoms with Crippen LogP contribution in [0.2, 0.25) is 0 Å². The van der Waals surface area contributed by atoms with Crippen LogP contribution in [0.4, 0.5) is 0 Å². The molecule has 0 aromatic carbocycles. The topological polar surface area (TPSA) is 17.1 Å². The van der Waals surface area contributed by atoms with Crippen molar-refractivity contribution in [1.82, 2.24) is 0 Å². The maximum absolute atomic E-state index is 10.8. The molecule has 0 spiro atoms. The van der Waals surface area contributed by atoms with Gasteiger partial charge in [0, 0.05) is 38.1 Å². The van der Waals surface area contributed by atoms with E-state index in [0.29, 0.717) is 5.25 Å². The van der Waals surface area contributed by atoms with Crippen molar-refractivity contribution >= 4 is 34.3 Å². The predicted octanol–water partition coefficient (Wildman–Crippen LogP) is 0.717. The minimum Gasteiger partial charge on any atom is -0.259 e. The second kappa shape index (κ2) is 1.96. The molecule has 0 aromatic heterocycles. The van der Waals surface area contributed by atoms with Crippen molar-refractivity contribution in [3.63, 3.8) is 0 Å². The van der Waals surface area contributed by atoms with Gasteiger partial charge < -0.3 is 0 Å². The van der Waals surface area contributed by atoms with E-state index < -0.39 is 10.8 Å². The van der Waals surface area contributed by atoms with Crippen molar-refractivity contribution in [3.05, 3.63) is 0 Å². The third-order valence-electron chi connectivity index (χ3n) is 2.20. The summed E-state index contributed by atoms with van der Waals surface area (Å²) in [5.41, 5.74) is 0. The molecule has 5 atom stereocenters. The number of rotatable bonds is 2. The van der Waals surface area contributed by atoms with Crippen molar-refractivity contribution in [1.29, 1.82) is 0 Å². The van der Waals surface area contributed by atoms with Crippen LogP contribution in [0, 0.1) is 0 Å². The highest BCUT2D eigenvalue weighted by atomic mass is 32.2. The van der Waals surface area contributed by atoms with Crippen LogP contribution in [0.3, 0.4) is 0 Å². The second-order valence-corrected chi connectivity index (χ2v) is 7.36. The Morgan fingerprint density at radius 3 is 2.60 bits per heavy atom. The molecule has 0 radical (unpaired) electrons. The normalized spacial score (nSPS) is 63.8. The van der Waals surface area contributed by atoms with Crippen LogP contribution in [0.15, 0.2) is 0 Å². The third kappa shape index (κ3) is 0.959. The fraction of sp³-hybridized carbons (Fsp3) is 1.00. The summed E-state index contributed by atoms with van der Waals surface area (Å²) in [6, 6.07) is 0. The van der Waals surface area contributed by atoms with Crippen LogP contribution in [-0.4, -0.2) is 36.7 Å². The van der Waals surface area contributed by atoms with Gasteiger partial charge in [-0.3, -0.25) is 4.21 Å². The Morgan fingerprint density at radius 2 is 2.10 bits per heavy atom. The van der Waals surface area contributed by atoms with Crippen LogP contribution in [0.25, 0.3) is 0 Å². The zero-order chi connectivity index (χ0) is 6.72. The zero-order valence-electron chi connectivity index (χ0n) is 5.36. The smallest absolute Gasteiger partial charge is 0.0593 e. The molecular weight excluding hydrogens is 184 g/mol. The largest absolute Gasteiger partial charge is 0.259 e. The Kier molecular flexibility index (Phi) is 1.25. The molecular formula is C6H8OS3. The lowest BCUT2D eigenvalue weighted by Gasteiger charge is -1.84. The Labute approximate surface area is 71.2 Å². The van der Waals surface area contributed by atoms with Crippen molar-refractivity contribution < 1.29 is 4.21 Å². The van der Waals surface area contributed by atoms with Gasteiger partial charge in [-0.15, -0.1) is 0 Å². The summed E-state index contributed by atoms with van der Waals surface area (Å²) in [5, 5.41) is 3.27. The fourth-order valence-corrected chi connectivity index (χ4v) is 5.74.